The van der Waals surface area contributed by atoms with Gasteiger partial charge in [0, 0.05) is 19.1 Å². The third-order valence-electron chi connectivity index (χ3n) is 6.49. The normalized spacial score (nSPS) is 18.4. The summed E-state index contributed by atoms with van der Waals surface area (Å²) in [4.78, 5) is 41.2. The van der Waals surface area contributed by atoms with Crippen LogP contribution in [0.3, 0.4) is 0 Å². The van der Waals surface area contributed by atoms with Crippen LogP contribution in [0.25, 0.3) is 5.65 Å². The van der Waals surface area contributed by atoms with Gasteiger partial charge in [-0.2, -0.15) is 33.5 Å². The number of ether oxygens (including phenoxy) is 1. The summed E-state index contributed by atoms with van der Waals surface area (Å²) in [7, 11) is -3.75. The molecule has 5 rings (SSSR count). The number of rotatable bonds is 8. The molecule has 1 saturated carbocycles. The maximum Gasteiger partial charge on any atom is 0.469 e. The van der Waals surface area contributed by atoms with Gasteiger partial charge >= 0.3 is 13.9 Å². The number of nitriles is 2. The number of phosphoric acid groups is 1. The molecule has 0 spiro atoms. The van der Waals surface area contributed by atoms with Crippen molar-refractivity contribution in [2.24, 2.45) is 0 Å². The minimum absolute atomic E-state index is 0. The van der Waals surface area contributed by atoms with Crippen molar-refractivity contribution in [2.75, 3.05) is 35.7 Å². The molecule has 16 nitrogen and oxygen atoms in total. The average Bonchev–Trinajstić information content (AvgIpc) is 3.65. The van der Waals surface area contributed by atoms with Gasteiger partial charge in [0.25, 0.3) is 0 Å². The van der Waals surface area contributed by atoms with E-state index in [-0.39, 0.29) is 60.4 Å². The zero-order valence-corrected chi connectivity index (χ0v) is 24.6. The van der Waals surface area contributed by atoms with E-state index in [1.165, 1.54) is 30.0 Å². The molecule has 1 aromatic carbocycles. The molecule has 1 amide bonds. The third kappa shape index (κ3) is 6.96. The summed E-state index contributed by atoms with van der Waals surface area (Å²) < 4.78 is 22.6. The number of phosphoric ester groups is 1. The summed E-state index contributed by atoms with van der Waals surface area (Å²) in [6.07, 6.45) is 1.66. The van der Waals surface area contributed by atoms with Gasteiger partial charge in [-0.1, -0.05) is 11.6 Å². The van der Waals surface area contributed by atoms with Gasteiger partial charge in [-0.15, -0.1) is 5.10 Å². The highest BCUT2D eigenvalue weighted by molar-refractivity contribution is 7.59. The van der Waals surface area contributed by atoms with Crippen LogP contribution in [0.1, 0.15) is 30.5 Å². The molecule has 3 aromatic rings. The first-order valence-corrected chi connectivity index (χ1v) is 14.3. The second-order valence-corrected chi connectivity index (χ2v) is 11.0. The minimum Gasteiger partial charge on any atom is -0.453 e. The van der Waals surface area contributed by atoms with E-state index in [2.05, 4.69) is 41.8 Å². The maximum atomic E-state index is 11.8. The number of aromatic nitrogens is 4. The van der Waals surface area contributed by atoms with Crippen molar-refractivity contribution in [1.82, 2.24) is 24.9 Å². The van der Waals surface area contributed by atoms with Crippen LogP contribution in [0.5, 0.6) is 0 Å². The second-order valence-electron chi connectivity index (χ2n) is 9.40. The first-order chi connectivity index (χ1) is 19.6. The molecule has 42 heavy (non-hydrogen) atoms. The number of anilines is 4. The first kappa shape index (κ1) is 31.1. The molecule has 1 saturated heterocycles. The lowest BCUT2D eigenvalue weighted by Gasteiger charge is -2.39. The Morgan fingerprint density at radius 1 is 1.24 bits per heavy atom. The molecule has 5 N–H and O–H groups in total. The minimum atomic E-state index is -4.93. The second kappa shape index (κ2) is 12.6. The van der Waals surface area contributed by atoms with Gasteiger partial charge < -0.3 is 35.4 Å². The van der Waals surface area contributed by atoms with Crippen LogP contribution >= 0.6 is 32.9 Å². The number of halogens is 1. The van der Waals surface area contributed by atoms with Crippen molar-refractivity contribution in [2.45, 2.75) is 37.5 Å². The Morgan fingerprint density at radius 3 is 2.64 bits per heavy atom. The molecule has 3 heterocycles. The molecule has 1 aliphatic heterocycles. The molecule has 19 heteroatoms. The molecule has 2 atom stereocenters. The molecule has 2 aliphatic rings. The van der Waals surface area contributed by atoms with Gasteiger partial charge in [0.2, 0.25) is 5.95 Å². The van der Waals surface area contributed by atoms with Crippen molar-refractivity contribution in [3.63, 3.8) is 0 Å². The number of methoxy groups -OCH3 is 1. The Bertz CT molecular complexity index is 1630. The molecule has 0 radical (unpaired) electrons. The van der Waals surface area contributed by atoms with Crippen molar-refractivity contribution in [3.8, 4) is 12.1 Å². The first-order valence-electron chi connectivity index (χ1n) is 12.3. The molecule has 222 valence electrons. The number of nitrogens with one attached hydrogen (secondary N) is 3. The molecule has 0 bridgehead atoms. The topological polar surface area (TPSA) is 223 Å². The van der Waals surface area contributed by atoms with Crippen LogP contribution in [0.2, 0.25) is 5.02 Å². The van der Waals surface area contributed by atoms with Crippen LogP contribution < -0.4 is 20.9 Å². The lowest BCUT2D eigenvalue weighted by molar-refractivity contribution is 0.0874. The molecular weight excluding hydrogens is 611 g/mol. The fourth-order valence-corrected chi connectivity index (χ4v) is 5.28. The fraction of sp³-hybridized carbons (Fsp3) is 0.391. The third-order valence-corrected chi connectivity index (χ3v) is 7.43. The van der Waals surface area contributed by atoms with Crippen molar-refractivity contribution < 1.29 is 28.4 Å². The zero-order chi connectivity index (χ0) is 29.3. The Kier molecular flexibility index (Phi) is 9.32. The number of hydrogen-bond acceptors (Lipinski definition) is 12. The number of alkyl carbamates (subject to hydrolysis) is 1. The van der Waals surface area contributed by atoms with Crippen LogP contribution in [0, 0.1) is 22.7 Å². The van der Waals surface area contributed by atoms with Crippen LogP contribution in [0.4, 0.5) is 27.9 Å². The number of hydrogen-bond donors (Lipinski definition) is 5. The van der Waals surface area contributed by atoms with Crippen molar-refractivity contribution in [3.05, 3.63) is 34.6 Å². The predicted molar refractivity (Wildman–Crippen MR) is 155 cm³/mol. The number of amides is 1. The Hall–Kier alpha value is -3.83. The van der Waals surface area contributed by atoms with E-state index in [1.54, 1.807) is 4.90 Å². The summed E-state index contributed by atoms with van der Waals surface area (Å²) in [5.41, 5.74) is 1.46. The number of carbonyl (C=O) groups excluding carboxylic acids is 1. The average molecular weight is 637 g/mol. The lowest BCUT2D eigenvalue weighted by atomic mass is 10.0. The number of imidazole rings is 1. The van der Waals surface area contributed by atoms with Crippen LogP contribution in [-0.4, -0.2) is 73.8 Å². The summed E-state index contributed by atoms with van der Waals surface area (Å²) in [6, 6.07) is 6.62. The highest BCUT2D eigenvalue weighted by Gasteiger charge is 2.37. The molecule has 2 fully saturated rings. The predicted octanol–water partition coefficient (Wildman–Crippen LogP) is 2.36. The Morgan fingerprint density at radius 2 is 2.00 bits per heavy atom. The number of benzene rings is 1. The Labute approximate surface area is 251 Å². The summed E-state index contributed by atoms with van der Waals surface area (Å²) >= 11 is 6.79. The Balaban J connectivity index is 0.00000405. The maximum absolute atomic E-state index is 11.8. The van der Waals surface area contributed by atoms with E-state index >= 15 is 0 Å². The van der Waals surface area contributed by atoms with E-state index in [0.717, 1.165) is 12.8 Å². The van der Waals surface area contributed by atoms with E-state index in [0.29, 0.717) is 23.7 Å². The number of nitrogens with zero attached hydrogens (tertiary/aromatic N) is 7. The molecular formula is C23H26ClN10O6PS. The lowest BCUT2D eigenvalue weighted by Crippen LogP contribution is -2.55. The largest absolute Gasteiger partial charge is 0.469 e. The summed E-state index contributed by atoms with van der Waals surface area (Å²) in [5, 5.41) is 32.6. The highest BCUT2D eigenvalue weighted by Crippen LogP contribution is 2.42. The monoisotopic (exact) mass is 636 g/mol. The number of piperidine rings is 1. The standard InChI is InChI=1S/C23H24ClN10O6P.H2S/c1-39-23(35)30-15-4-5-33(11-18(15)40-41(36,37)38)17-7-12(8-25)6-16(19(17)24)29-22-31-20(28-13-2-3-13)21-27-10-14(9-26)34(21)32-22;/h6-7,10,13,15,18H,2-5,11H2,1H3,(H,30,35)(H2,36,37,38)(H2,28,29,31,32);1H2/t15-,18-;/m0./s1. The van der Waals surface area contributed by atoms with Gasteiger partial charge in [0.15, 0.2) is 17.2 Å². The van der Waals surface area contributed by atoms with Crippen LogP contribution in [0.15, 0.2) is 18.3 Å². The highest BCUT2D eigenvalue weighted by atomic mass is 35.5. The van der Waals surface area contributed by atoms with E-state index in [9.17, 15) is 29.7 Å². The molecule has 2 aromatic heterocycles. The van der Waals surface area contributed by atoms with E-state index < -0.39 is 26.1 Å². The van der Waals surface area contributed by atoms with Gasteiger partial charge in [0.05, 0.1) is 47.4 Å². The zero-order valence-electron chi connectivity index (χ0n) is 22.0. The van der Waals surface area contributed by atoms with Gasteiger partial charge in [-0.3, -0.25) is 4.52 Å². The fourth-order valence-electron chi connectivity index (χ4n) is 4.44. The SMILES string of the molecule is COC(=O)N[C@H]1CCN(c2cc(C#N)cc(Nc3nc(NC4CC4)c4ncc(C#N)n4n3)c2Cl)C[C@@H]1OP(=O)(O)O.S. The molecule has 1 aliphatic carbocycles. The summed E-state index contributed by atoms with van der Waals surface area (Å²) in [6.45, 7) is 0.217. The van der Waals surface area contributed by atoms with Gasteiger partial charge in [-0.05, 0) is 31.4 Å². The van der Waals surface area contributed by atoms with Gasteiger partial charge in [0.1, 0.15) is 12.2 Å². The van der Waals surface area contributed by atoms with Gasteiger partial charge in [-0.25, -0.2) is 14.3 Å². The quantitative estimate of drug-likeness (QED) is 0.224. The van der Waals surface area contributed by atoms with Crippen molar-refractivity contribution >= 4 is 67.8 Å². The van der Waals surface area contributed by atoms with Crippen LogP contribution in [-0.2, 0) is 13.8 Å². The number of fused-ring (bicyclic) bond motifs is 1. The van der Waals surface area contributed by atoms with E-state index in [1.807, 2.05) is 6.07 Å². The van der Waals surface area contributed by atoms with E-state index in [4.69, 9.17) is 16.1 Å². The van der Waals surface area contributed by atoms with Crippen molar-refractivity contribution in [1.29, 1.82) is 10.5 Å². The number of carbonyl (C=O) groups is 1. The summed E-state index contributed by atoms with van der Waals surface area (Å²) in [5.74, 6) is 0.513. The molecule has 0 unspecified atom stereocenters. The smallest absolute Gasteiger partial charge is 0.453 e.